The maximum absolute atomic E-state index is 6.25. The minimum Gasteiger partial charge on any atom is -0.444 e. The summed E-state index contributed by atoms with van der Waals surface area (Å²) in [6.45, 7) is 5.16. The molecule has 0 saturated carbocycles. The lowest BCUT2D eigenvalue weighted by Crippen LogP contribution is -2.24. The van der Waals surface area contributed by atoms with E-state index >= 15 is 0 Å². The van der Waals surface area contributed by atoms with Crippen molar-refractivity contribution in [1.82, 2.24) is 5.32 Å². The molecule has 0 amide bonds. The van der Waals surface area contributed by atoms with Gasteiger partial charge in [-0.05, 0) is 35.0 Å². The van der Waals surface area contributed by atoms with Gasteiger partial charge in [0.2, 0.25) is 0 Å². The normalized spacial score (nSPS) is 13.1. The summed E-state index contributed by atoms with van der Waals surface area (Å²) in [7, 11) is 0. The highest BCUT2D eigenvalue weighted by Gasteiger charge is 2.18. The Balaban J connectivity index is 1.83. The molecule has 0 aliphatic heterocycles. The van der Waals surface area contributed by atoms with Crippen molar-refractivity contribution in [3.05, 3.63) is 57.4 Å². The number of nitrogens with one attached hydrogen (secondary N) is 1. The second-order valence-electron chi connectivity index (χ2n) is 5.47. The molecule has 1 atom stereocenters. The molecule has 0 radical (unpaired) electrons. The smallest absolute Gasteiger partial charge is 0.199 e. The molecule has 1 N–H and O–H groups in total. The average molecular weight is 320 g/mol. The molecule has 0 aliphatic rings. The highest BCUT2D eigenvalue weighted by molar-refractivity contribution is 7.10. The van der Waals surface area contributed by atoms with E-state index in [9.17, 15) is 0 Å². The van der Waals surface area contributed by atoms with Gasteiger partial charge in [-0.25, -0.2) is 0 Å². The minimum absolute atomic E-state index is 0.328. The summed E-state index contributed by atoms with van der Waals surface area (Å²) in [4.78, 5) is 1.36. The van der Waals surface area contributed by atoms with E-state index in [0.29, 0.717) is 23.7 Å². The Hall–Kier alpha value is -1.29. The summed E-state index contributed by atoms with van der Waals surface area (Å²) < 4.78 is 5.61. The highest BCUT2D eigenvalue weighted by atomic mass is 35.5. The third-order valence-corrected chi connectivity index (χ3v) is 4.92. The van der Waals surface area contributed by atoms with Gasteiger partial charge < -0.3 is 9.73 Å². The highest BCUT2D eigenvalue weighted by Crippen LogP contribution is 2.31. The van der Waals surface area contributed by atoms with Crippen LogP contribution in [-0.4, -0.2) is 0 Å². The van der Waals surface area contributed by atoms with Crippen LogP contribution in [0.1, 0.15) is 30.3 Å². The standard InChI is InChI=1S/C17H18ClNOS/c1-11(2)16(15-8-5-9-21-15)19-10-13-12-6-3-4-7-14(12)20-17(13)18/h3-9,11,16,19H,10H2,1-2H3. The lowest BCUT2D eigenvalue weighted by Gasteiger charge is -2.21. The topological polar surface area (TPSA) is 25.2 Å². The molecule has 0 aliphatic carbocycles. The van der Waals surface area contributed by atoms with Gasteiger partial charge in [-0.1, -0.05) is 38.1 Å². The number of thiophene rings is 1. The third-order valence-electron chi connectivity index (χ3n) is 3.66. The van der Waals surface area contributed by atoms with Crippen molar-refractivity contribution in [2.45, 2.75) is 26.4 Å². The Kier molecular flexibility index (Phi) is 4.34. The van der Waals surface area contributed by atoms with Crippen molar-refractivity contribution in [1.29, 1.82) is 0 Å². The first-order valence-electron chi connectivity index (χ1n) is 7.09. The van der Waals surface area contributed by atoms with Gasteiger partial charge in [-0.3, -0.25) is 0 Å². The summed E-state index contributed by atoms with van der Waals surface area (Å²) >= 11 is 8.04. The quantitative estimate of drug-likeness (QED) is 0.659. The van der Waals surface area contributed by atoms with Gasteiger partial charge in [0.1, 0.15) is 5.58 Å². The van der Waals surface area contributed by atoms with Crippen molar-refractivity contribution in [3.8, 4) is 0 Å². The lowest BCUT2D eigenvalue weighted by atomic mass is 10.0. The van der Waals surface area contributed by atoms with E-state index in [4.69, 9.17) is 16.0 Å². The van der Waals surface area contributed by atoms with Crippen LogP contribution in [0.4, 0.5) is 0 Å². The van der Waals surface area contributed by atoms with Crippen LogP contribution in [0.15, 0.2) is 46.2 Å². The number of rotatable bonds is 5. The summed E-state index contributed by atoms with van der Waals surface area (Å²) in [6, 6.07) is 12.6. The molecule has 21 heavy (non-hydrogen) atoms. The van der Waals surface area contributed by atoms with Crippen LogP contribution >= 0.6 is 22.9 Å². The van der Waals surface area contributed by atoms with E-state index in [1.807, 2.05) is 18.2 Å². The molecule has 0 fully saturated rings. The molecule has 3 rings (SSSR count). The Bertz CT molecular complexity index is 718. The number of furan rings is 1. The first-order valence-corrected chi connectivity index (χ1v) is 8.35. The van der Waals surface area contributed by atoms with Gasteiger partial charge in [0, 0.05) is 28.4 Å². The minimum atomic E-state index is 0.328. The third kappa shape index (κ3) is 3.00. The number of benzene rings is 1. The van der Waals surface area contributed by atoms with E-state index < -0.39 is 0 Å². The zero-order valence-electron chi connectivity index (χ0n) is 12.1. The van der Waals surface area contributed by atoms with Gasteiger partial charge in [0.05, 0.1) is 0 Å². The molecule has 1 unspecified atom stereocenters. The van der Waals surface area contributed by atoms with Crippen molar-refractivity contribution in [2.75, 3.05) is 0 Å². The van der Waals surface area contributed by atoms with E-state index in [2.05, 4.69) is 42.7 Å². The Morgan fingerprint density at radius 1 is 1.19 bits per heavy atom. The zero-order valence-corrected chi connectivity index (χ0v) is 13.7. The second-order valence-corrected chi connectivity index (χ2v) is 6.79. The maximum Gasteiger partial charge on any atom is 0.199 e. The van der Waals surface area contributed by atoms with E-state index in [-0.39, 0.29) is 0 Å². The molecule has 2 aromatic heterocycles. The van der Waals surface area contributed by atoms with E-state index in [0.717, 1.165) is 16.5 Å². The van der Waals surface area contributed by atoms with Gasteiger partial charge in [0.25, 0.3) is 0 Å². The summed E-state index contributed by atoms with van der Waals surface area (Å²) in [5.41, 5.74) is 1.88. The Morgan fingerprint density at radius 3 is 2.71 bits per heavy atom. The van der Waals surface area contributed by atoms with Crippen LogP contribution < -0.4 is 5.32 Å². The van der Waals surface area contributed by atoms with Crippen LogP contribution in [0.5, 0.6) is 0 Å². The molecule has 3 aromatic rings. The van der Waals surface area contributed by atoms with Crippen molar-refractivity contribution < 1.29 is 4.42 Å². The fraction of sp³-hybridized carbons (Fsp3) is 0.294. The molecule has 110 valence electrons. The van der Waals surface area contributed by atoms with Crippen LogP contribution in [0.2, 0.25) is 5.22 Å². The van der Waals surface area contributed by atoms with E-state index in [1.165, 1.54) is 4.88 Å². The Labute approximate surface area is 133 Å². The number of para-hydroxylation sites is 1. The maximum atomic E-state index is 6.25. The predicted octanol–water partition coefficient (Wildman–Crippen LogP) is 5.63. The van der Waals surface area contributed by atoms with Gasteiger partial charge >= 0.3 is 0 Å². The number of hydrogen-bond donors (Lipinski definition) is 1. The molecule has 2 nitrogen and oxygen atoms in total. The van der Waals surface area contributed by atoms with Crippen molar-refractivity contribution in [3.63, 3.8) is 0 Å². The van der Waals surface area contributed by atoms with Gasteiger partial charge in [-0.15, -0.1) is 11.3 Å². The van der Waals surface area contributed by atoms with Crippen molar-refractivity contribution in [2.24, 2.45) is 5.92 Å². The molecule has 0 saturated heterocycles. The van der Waals surface area contributed by atoms with Crippen LogP contribution in [-0.2, 0) is 6.54 Å². The number of hydrogen-bond acceptors (Lipinski definition) is 3. The van der Waals surface area contributed by atoms with Crippen LogP contribution in [0.3, 0.4) is 0 Å². The Morgan fingerprint density at radius 2 is 2.00 bits per heavy atom. The largest absolute Gasteiger partial charge is 0.444 e. The lowest BCUT2D eigenvalue weighted by molar-refractivity contribution is 0.416. The number of halogens is 1. The monoisotopic (exact) mass is 319 g/mol. The molecule has 1 aromatic carbocycles. The average Bonchev–Trinajstić information content (AvgIpc) is 3.07. The zero-order chi connectivity index (χ0) is 14.8. The SMILES string of the molecule is CC(C)C(NCc1c(Cl)oc2ccccc12)c1cccs1. The fourth-order valence-corrected chi connectivity index (χ4v) is 3.80. The predicted molar refractivity (Wildman–Crippen MR) is 90.0 cm³/mol. The fourth-order valence-electron chi connectivity index (χ4n) is 2.58. The van der Waals surface area contributed by atoms with Crippen molar-refractivity contribution >= 4 is 33.9 Å². The first kappa shape index (κ1) is 14.6. The first-order chi connectivity index (χ1) is 10.2. The molecule has 2 heterocycles. The molecule has 0 spiro atoms. The van der Waals surface area contributed by atoms with Gasteiger partial charge in [0.15, 0.2) is 5.22 Å². The molecular weight excluding hydrogens is 302 g/mol. The molecule has 0 bridgehead atoms. The summed E-state index contributed by atoms with van der Waals surface area (Å²) in [5, 5.41) is 7.31. The molecule has 4 heteroatoms. The van der Waals surface area contributed by atoms with E-state index in [1.54, 1.807) is 11.3 Å². The van der Waals surface area contributed by atoms with Gasteiger partial charge in [-0.2, -0.15) is 0 Å². The summed E-state index contributed by atoms with van der Waals surface area (Å²) in [5.74, 6) is 0.514. The second kappa shape index (κ2) is 6.22. The number of fused-ring (bicyclic) bond motifs is 1. The van der Waals surface area contributed by atoms with Crippen LogP contribution in [0.25, 0.3) is 11.0 Å². The summed E-state index contributed by atoms with van der Waals surface area (Å²) in [6.07, 6.45) is 0. The molecular formula is C17H18ClNOS. The van der Waals surface area contributed by atoms with Crippen LogP contribution in [0, 0.1) is 5.92 Å².